The predicted octanol–water partition coefficient (Wildman–Crippen LogP) is 6.47. The highest BCUT2D eigenvalue weighted by Gasteiger charge is 2.12. The zero-order valence-corrected chi connectivity index (χ0v) is 18.9. The van der Waals surface area contributed by atoms with Crippen LogP contribution < -0.4 is 11.1 Å². The number of fused-ring (bicyclic) bond motifs is 1. The topological polar surface area (TPSA) is 66.7 Å². The van der Waals surface area contributed by atoms with Gasteiger partial charge in [-0.3, -0.25) is 4.98 Å². The van der Waals surface area contributed by atoms with Gasteiger partial charge in [0.25, 0.3) is 0 Å². The zero-order chi connectivity index (χ0) is 24.0. The molecule has 0 atom stereocenters. The fourth-order valence-corrected chi connectivity index (χ4v) is 3.57. The normalized spacial score (nSPS) is 10.4. The van der Waals surface area contributed by atoms with Crippen molar-refractivity contribution in [3.63, 3.8) is 0 Å². The molecule has 0 spiro atoms. The Morgan fingerprint density at radius 3 is 2.52 bits per heavy atom. The second-order valence-electron chi connectivity index (χ2n) is 7.68. The Hall–Kier alpha value is -3.93. The van der Waals surface area contributed by atoms with Crippen molar-refractivity contribution in [3.8, 4) is 0 Å². The Morgan fingerprint density at radius 1 is 1.15 bits per heavy atom. The number of benzene rings is 2. The van der Waals surface area contributed by atoms with Gasteiger partial charge in [-0.05, 0) is 66.9 Å². The lowest BCUT2D eigenvalue weighted by molar-refractivity contribution is 0.511. The summed E-state index contributed by atoms with van der Waals surface area (Å²) in [6.45, 7) is 11.4. The van der Waals surface area contributed by atoms with Crippen LogP contribution in [0.4, 0.5) is 14.5 Å². The van der Waals surface area contributed by atoms with E-state index in [4.69, 9.17) is 0 Å². The number of nitrogens with one attached hydrogen (secondary N) is 2. The van der Waals surface area contributed by atoms with Gasteiger partial charge in [0.2, 0.25) is 0 Å². The summed E-state index contributed by atoms with van der Waals surface area (Å²) in [5, 5.41) is 3.86. The molecule has 0 bridgehead atoms. The van der Waals surface area contributed by atoms with Crippen molar-refractivity contribution in [2.75, 3.05) is 5.32 Å². The Bertz CT molecular complexity index is 1270. The quantitative estimate of drug-likeness (QED) is 0.318. The summed E-state index contributed by atoms with van der Waals surface area (Å²) in [6.07, 6.45) is 6.64. The van der Waals surface area contributed by atoms with Crippen LogP contribution in [-0.4, -0.2) is 9.97 Å². The highest BCUT2D eigenvalue weighted by atomic mass is 19.2. The molecular weight excluding hydrogens is 418 g/mol. The third-order valence-electron chi connectivity index (χ3n) is 5.33. The van der Waals surface area contributed by atoms with Gasteiger partial charge in [0, 0.05) is 52.0 Å². The van der Waals surface area contributed by atoms with Gasteiger partial charge < -0.3 is 16.0 Å². The van der Waals surface area contributed by atoms with Crippen LogP contribution in [0.25, 0.3) is 16.6 Å². The van der Waals surface area contributed by atoms with Crippen LogP contribution in [0.5, 0.6) is 0 Å². The molecule has 0 fully saturated rings. The Balaban J connectivity index is 0.000000968. The van der Waals surface area contributed by atoms with Crippen LogP contribution in [0.1, 0.15) is 34.9 Å². The van der Waals surface area contributed by atoms with E-state index >= 15 is 0 Å². The largest absolute Gasteiger partial charge is 0.405 e. The minimum atomic E-state index is -0.877. The van der Waals surface area contributed by atoms with Gasteiger partial charge in [0.05, 0.1) is 0 Å². The van der Waals surface area contributed by atoms with E-state index < -0.39 is 11.6 Å². The molecule has 170 valence electrons. The second-order valence-corrected chi connectivity index (χ2v) is 7.68. The minimum Gasteiger partial charge on any atom is -0.405 e. The van der Waals surface area contributed by atoms with Crippen LogP contribution in [0.3, 0.4) is 0 Å². The maximum absolute atomic E-state index is 13.7. The van der Waals surface area contributed by atoms with Crippen molar-refractivity contribution < 1.29 is 8.78 Å². The molecule has 6 heteroatoms. The molecule has 0 saturated heterocycles. The van der Waals surface area contributed by atoms with E-state index in [9.17, 15) is 8.78 Å². The molecule has 33 heavy (non-hydrogen) atoms. The number of hydrogen-bond acceptors (Lipinski definition) is 3. The number of aryl methyl sites for hydroxylation is 2. The first-order valence-electron chi connectivity index (χ1n) is 10.6. The Morgan fingerprint density at radius 2 is 1.88 bits per heavy atom. The lowest BCUT2D eigenvalue weighted by atomic mass is 10.0. The first-order chi connectivity index (χ1) is 15.9. The summed E-state index contributed by atoms with van der Waals surface area (Å²) >= 11 is 0. The van der Waals surface area contributed by atoms with Crippen LogP contribution in [0.2, 0.25) is 0 Å². The summed E-state index contributed by atoms with van der Waals surface area (Å²) in [4.78, 5) is 7.43. The first-order valence-corrected chi connectivity index (χ1v) is 10.6. The van der Waals surface area contributed by atoms with E-state index in [0.29, 0.717) is 22.2 Å². The average Bonchev–Trinajstić information content (AvgIpc) is 3.19. The summed E-state index contributed by atoms with van der Waals surface area (Å²) in [7, 11) is 0. The van der Waals surface area contributed by atoms with E-state index in [-0.39, 0.29) is 0 Å². The highest BCUT2D eigenvalue weighted by molar-refractivity contribution is 5.94. The molecule has 2 heterocycles. The van der Waals surface area contributed by atoms with E-state index in [2.05, 4.69) is 72.3 Å². The molecule has 4 nitrogen and oxygen atoms in total. The highest BCUT2D eigenvalue weighted by Crippen LogP contribution is 2.28. The van der Waals surface area contributed by atoms with Gasteiger partial charge in [0.15, 0.2) is 11.6 Å². The summed E-state index contributed by atoms with van der Waals surface area (Å²) in [5.74, 6) is -1.75. The number of nitrogens with two attached hydrogens (primary N) is 1. The molecule has 0 saturated carbocycles. The molecule has 2 aromatic heterocycles. The monoisotopic (exact) mass is 446 g/mol. The summed E-state index contributed by atoms with van der Waals surface area (Å²) in [5.41, 5.74) is 12.0. The Labute approximate surface area is 192 Å². The van der Waals surface area contributed by atoms with Gasteiger partial charge in [-0.15, -0.1) is 0 Å². The molecule has 0 aliphatic carbocycles. The number of rotatable bonds is 6. The van der Waals surface area contributed by atoms with Crippen LogP contribution in [0, 0.1) is 18.6 Å². The molecule has 0 aliphatic rings. The van der Waals surface area contributed by atoms with Gasteiger partial charge in [0.1, 0.15) is 0 Å². The molecule has 0 aliphatic heterocycles. The number of aromatic nitrogens is 2. The maximum Gasteiger partial charge on any atom is 0.160 e. The van der Waals surface area contributed by atoms with Crippen molar-refractivity contribution in [3.05, 3.63) is 114 Å². The molecule has 4 N–H and O–H groups in total. The van der Waals surface area contributed by atoms with Crippen molar-refractivity contribution >= 4 is 22.3 Å². The summed E-state index contributed by atoms with van der Waals surface area (Å²) in [6, 6.07) is 12.7. The number of H-pyrrole nitrogens is 1. The number of halogens is 2. The van der Waals surface area contributed by atoms with E-state index in [1.165, 1.54) is 23.4 Å². The van der Waals surface area contributed by atoms with Crippen LogP contribution in [0.15, 0.2) is 74.2 Å². The minimum absolute atomic E-state index is 0.529. The molecule has 4 aromatic rings. The lowest BCUT2D eigenvalue weighted by Crippen LogP contribution is -1.99. The SMILES string of the molecule is C=C(Nc1ccc(Cc2ccc(CC)nc2)c(C)c1)c1c[nH]c2cc(F)c(F)cc12.C=CN. The van der Waals surface area contributed by atoms with Crippen molar-refractivity contribution in [2.45, 2.75) is 26.7 Å². The van der Waals surface area contributed by atoms with E-state index in [0.717, 1.165) is 35.9 Å². The van der Waals surface area contributed by atoms with Gasteiger partial charge in [-0.1, -0.05) is 32.2 Å². The fraction of sp³-hybridized carbons (Fsp3) is 0.148. The zero-order valence-electron chi connectivity index (χ0n) is 18.9. The molecule has 4 rings (SSSR count). The average molecular weight is 447 g/mol. The summed E-state index contributed by atoms with van der Waals surface area (Å²) < 4.78 is 27.1. The second kappa shape index (κ2) is 10.6. The van der Waals surface area contributed by atoms with Gasteiger partial charge in [-0.2, -0.15) is 0 Å². The van der Waals surface area contributed by atoms with Crippen molar-refractivity contribution in [2.24, 2.45) is 5.73 Å². The van der Waals surface area contributed by atoms with Gasteiger partial charge >= 0.3 is 0 Å². The van der Waals surface area contributed by atoms with Crippen LogP contribution in [-0.2, 0) is 12.8 Å². The third kappa shape index (κ3) is 5.66. The first kappa shape index (κ1) is 23.7. The molecule has 2 aromatic carbocycles. The maximum atomic E-state index is 13.7. The van der Waals surface area contributed by atoms with E-state index in [1.54, 1.807) is 6.20 Å². The predicted molar refractivity (Wildman–Crippen MR) is 133 cm³/mol. The number of nitrogens with zero attached hydrogens (tertiary/aromatic N) is 1. The Kier molecular flexibility index (Phi) is 7.61. The number of pyridine rings is 1. The van der Waals surface area contributed by atoms with E-state index in [1.807, 2.05) is 12.3 Å². The number of aromatic amines is 1. The number of hydrogen-bond donors (Lipinski definition) is 3. The van der Waals surface area contributed by atoms with Crippen LogP contribution >= 0.6 is 0 Å². The number of anilines is 1. The fourth-order valence-electron chi connectivity index (χ4n) is 3.57. The molecule has 0 radical (unpaired) electrons. The lowest BCUT2D eigenvalue weighted by Gasteiger charge is -2.13. The van der Waals surface area contributed by atoms with Crippen molar-refractivity contribution in [1.82, 2.24) is 9.97 Å². The van der Waals surface area contributed by atoms with Crippen molar-refractivity contribution in [1.29, 1.82) is 0 Å². The smallest absolute Gasteiger partial charge is 0.160 e. The molecular formula is C27H28F2N4. The standard InChI is InChI=1S/C25H23F2N3.C2H5N/c1-4-19-7-5-17(13-28-19)10-18-6-8-20(9-15(18)2)30-16(3)22-14-29-25-12-24(27)23(26)11-21(22)25;1-2-3/h5-9,11-14,29-30H,3-4,10H2,1-2H3;2H,1,3H2. The third-order valence-corrected chi connectivity index (χ3v) is 5.33. The molecule has 0 unspecified atom stereocenters. The van der Waals surface area contributed by atoms with Gasteiger partial charge in [-0.25, -0.2) is 8.78 Å². The molecule has 0 amide bonds.